The van der Waals surface area contributed by atoms with Crippen molar-refractivity contribution < 1.29 is 23.8 Å². The molecule has 1 aliphatic rings. The molecule has 0 bridgehead atoms. The van der Waals surface area contributed by atoms with Crippen LogP contribution in [-0.2, 0) is 9.53 Å². The molecule has 100 valence electrons. The van der Waals surface area contributed by atoms with Gasteiger partial charge in [-0.15, -0.1) is 0 Å². The molecule has 0 aromatic heterocycles. The lowest BCUT2D eigenvalue weighted by atomic mass is 10.1. The summed E-state index contributed by atoms with van der Waals surface area (Å²) in [7, 11) is 0. The zero-order chi connectivity index (χ0) is 13.8. The summed E-state index contributed by atoms with van der Waals surface area (Å²) in [4.78, 5) is 22.7. The first-order chi connectivity index (χ1) is 9.11. The Hall–Kier alpha value is -2.30. The largest absolute Gasteiger partial charge is 0.489 e. The SMILES string of the molecule is C=C(COc1ccc2c(c1)OCC2=O)C(=O)OCC. The fraction of sp³-hybridized carbons (Fsp3) is 0.286. The lowest BCUT2D eigenvalue weighted by Crippen LogP contribution is -2.13. The number of Topliss-reactive ketones (excluding diaryl/α,β-unsaturated/α-hetero) is 1. The van der Waals surface area contributed by atoms with E-state index < -0.39 is 5.97 Å². The van der Waals surface area contributed by atoms with Gasteiger partial charge in [0, 0.05) is 6.07 Å². The minimum atomic E-state index is -0.477. The van der Waals surface area contributed by atoms with Gasteiger partial charge in [0.05, 0.1) is 17.7 Å². The third-order valence-electron chi connectivity index (χ3n) is 2.59. The third-order valence-corrected chi connectivity index (χ3v) is 2.59. The average Bonchev–Trinajstić information content (AvgIpc) is 2.77. The van der Waals surface area contributed by atoms with Crippen molar-refractivity contribution in [1.82, 2.24) is 0 Å². The number of ether oxygens (including phenoxy) is 3. The van der Waals surface area contributed by atoms with Gasteiger partial charge in [0.15, 0.2) is 6.61 Å². The Morgan fingerprint density at radius 2 is 2.26 bits per heavy atom. The van der Waals surface area contributed by atoms with Crippen molar-refractivity contribution >= 4 is 11.8 Å². The molecule has 0 N–H and O–H groups in total. The molecule has 0 aliphatic carbocycles. The van der Waals surface area contributed by atoms with Crippen molar-refractivity contribution in [3.8, 4) is 11.5 Å². The zero-order valence-electron chi connectivity index (χ0n) is 10.6. The highest BCUT2D eigenvalue weighted by Crippen LogP contribution is 2.29. The monoisotopic (exact) mass is 262 g/mol. The molecule has 0 radical (unpaired) electrons. The van der Waals surface area contributed by atoms with E-state index in [1.807, 2.05) is 0 Å². The molecule has 2 rings (SSSR count). The molecular weight excluding hydrogens is 248 g/mol. The van der Waals surface area contributed by atoms with Crippen LogP contribution in [0.3, 0.4) is 0 Å². The summed E-state index contributed by atoms with van der Waals surface area (Å²) in [5, 5.41) is 0. The molecule has 0 spiro atoms. The molecule has 19 heavy (non-hydrogen) atoms. The molecule has 1 aromatic rings. The number of hydrogen-bond acceptors (Lipinski definition) is 5. The fourth-order valence-electron chi connectivity index (χ4n) is 1.63. The zero-order valence-corrected chi connectivity index (χ0v) is 10.6. The van der Waals surface area contributed by atoms with Crippen molar-refractivity contribution in [2.75, 3.05) is 19.8 Å². The van der Waals surface area contributed by atoms with Crippen LogP contribution < -0.4 is 9.47 Å². The van der Waals surface area contributed by atoms with Gasteiger partial charge in [-0.2, -0.15) is 0 Å². The maximum atomic E-state index is 11.4. The quantitative estimate of drug-likeness (QED) is 0.597. The lowest BCUT2D eigenvalue weighted by Gasteiger charge is -2.08. The van der Waals surface area contributed by atoms with Crippen molar-refractivity contribution in [1.29, 1.82) is 0 Å². The van der Waals surface area contributed by atoms with E-state index in [1.54, 1.807) is 25.1 Å². The summed E-state index contributed by atoms with van der Waals surface area (Å²) in [6.45, 7) is 5.71. The summed E-state index contributed by atoms with van der Waals surface area (Å²) < 4.78 is 15.4. The average molecular weight is 262 g/mol. The number of rotatable bonds is 5. The second kappa shape index (κ2) is 5.56. The first-order valence-electron chi connectivity index (χ1n) is 5.89. The smallest absolute Gasteiger partial charge is 0.336 e. The molecule has 5 heteroatoms. The van der Waals surface area contributed by atoms with Gasteiger partial charge < -0.3 is 14.2 Å². The second-order valence-electron chi connectivity index (χ2n) is 3.98. The van der Waals surface area contributed by atoms with Crippen molar-refractivity contribution in [3.05, 3.63) is 35.9 Å². The molecule has 1 heterocycles. The Balaban J connectivity index is 1.96. The van der Waals surface area contributed by atoms with Gasteiger partial charge >= 0.3 is 5.97 Å². The third kappa shape index (κ3) is 2.93. The van der Waals surface area contributed by atoms with Crippen LogP contribution in [-0.4, -0.2) is 31.6 Å². The van der Waals surface area contributed by atoms with Crippen molar-refractivity contribution in [3.63, 3.8) is 0 Å². The van der Waals surface area contributed by atoms with Gasteiger partial charge in [0.1, 0.15) is 18.1 Å². The minimum absolute atomic E-state index is 0.0333. The van der Waals surface area contributed by atoms with E-state index in [4.69, 9.17) is 14.2 Å². The Morgan fingerprint density at radius 3 is 3.00 bits per heavy atom. The molecular formula is C14H14O5. The van der Waals surface area contributed by atoms with E-state index in [9.17, 15) is 9.59 Å². The second-order valence-corrected chi connectivity index (χ2v) is 3.98. The standard InChI is InChI=1S/C14H14O5/c1-3-17-14(16)9(2)7-18-10-4-5-11-12(15)8-19-13(11)6-10/h4-6H,2-3,7-8H2,1H3. The van der Waals surface area contributed by atoms with Crippen LogP contribution in [0.4, 0.5) is 0 Å². The van der Waals surface area contributed by atoms with E-state index in [2.05, 4.69) is 6.58 Å². The summed E-state index contributed by atoms with van der Waals surface area (Å²) in [5.74, 6) is 0.496. The molecule has 0 unspecified atom stereocenters. The van der Waals surface area contributed by atoms with Crippen molar-refractivity contribution in [2.45, 2.75) is 6.92 Å². The predicted molar refractivity (Wildman–Crippen MR) is 67.5 cm³/mol. The first-order valence-corrected chi connectivity index (χ1v) is 5.89. The normalized spacial score (nSPS) is 12.6. The maximum absolute atomic E-state index is 11.4. The summed E-state index contributed by atoms with van der Waals surface area (Å²) in [5.41, 5.74) is 0.788. The van der Waals surface area contributed by atoms with Gasteiger partial charge in [0.2, 0.25) is 5.78 Å². The van der Waals surface area contributed by atoms with Gasteiger partial charge in [0.25, 0.3) is 0 Å². The van der Waals surface area contributed by atoms with Crippen LogP contribution in [0.2, 0.25) is 0 Å². The number of benzene rings is 1. The van der Waals surface area contributed by atoms with Gasteiger partial charge in [-0.3, -0.25) is 4.79 Å². The number of ketones is 1. The first kappa shape index (κ1) is 13.1. The van der Waals surface area contributed by atoms with E-state index in [1.165, 1.54) is 0 Å². The topological polar surface area (TPSA) is 61.8 Å². The van der Waals surface area contributed by atoms with E-state index >= 15 is 0 Å². The van der Waals surface area contributed by atoms with Crippen molar-refractivity contribution in [2.24, 2.45) is 0 Å². The van der Waals surface area contributed by atoms with Gasteiger partial charge in [-0.1, -0.05) is 6.58 Å². The maximum Gasteiger partial charge on any atom is 0.336 e. The van der Waals surface area contributed by atoms with E-state index in [-0.39, 0.29) is 24.6 Å². The summed E-state index contributed by atoms with van der Waals surface area (Å²) in [6.07, 6.45) is 0. The number of hydrogen-bond donors (Lipinski definition) is 0. The minimum Gasteiger partial charge on any atom is -0.489 e. The van der Waals surface area contributed by atoms with E-state index in [0.717, 1.165) is 0 Å². The number of carbonyl (C=O) groups excluding carboxylic acids is 2. The van der Waals surface area contributed by atoms with Crippen LogP contribution in [0, 0.1) is 0 Å². The Bertz CT molecular complexity index is 533. The highest BCUT2D eigenvalue weighted by molar-refractivity contribution is 6.02. The Labute approximate surface area is 110 Å². The number of esters is 1. The molecule has 0 saturated carbocycles. The fourth-order valence-corrected chi connectivity index (χ4v) is 1.63. The summed E-state index contributed by atoms with van der Waals surface area (Å²) >= 11 is 0. The molecule has 0 atom stereocenters. The predicted octanol–water partition coefficient (Wildman–Crippen LogP) is 1.76. The molecule has 1 aliphatic heterocycles. The molecule has 5 nitrogen and oxygen atoms in total. The highest BCUT2D eigenvalue weighted by Gasteiger charge is 2.21. The van der Waals surface area contributed by atoms with Crippen LogP contribution >= 0.6 is 0 Å². The number of fused-ring (bicyclic) bond motifs is 1. The van der Waals surface area contributed by atoms with Crippen LogP contribution in [0.15, 0.2) is 30.4 Å². The Morgan fingerprint density at radius 1 is 1.47 bits per heavy atom. The molecule has 0 amide bonds. The summed E-state index contributed by atoms with van der Waals surface area (Å²) in [6, 6.07) is 4.93. The van der Waals surface area contributed by atoms with Gasteiger partial charge in [-0.25, -0.2) is 4.79 Å². The van der Waals surface area contributed by atoms with E-state index in [0.29, 0.717) is 23.7 Å². The Kier molecular flexibility index (Phi) is 3.85. The van der Waals surface area contributed by atoms with Crippen LogP contribution in [0.25, 0.3) is 0 Å². The van der Waals surface area contributed by atoms with Crippen LogP contribution in [0.5, 0.6) is 11.5 Å². The lowest BCUT2D eigenvalue weighted by molar-refractivity contribution is -0.138. The number of carbonyl (C=O) groups is 2. The molecule has 0 saturated heterocycles. The van der Waals surface area contributed by atoms with Gasteiger partial charge in [-0.05, 0) is 19.1 Å². The van der Waals surface area contributed by atoms with Crippen LogP contribution in [0.1, 0.15) is 17.3 Å². The highest BCUT2D eigenvalue weighted by atomic mass is 16.5. The molecule has 0 fully saturated rings. The molecule has 1 aromatic carbocycles.